The van der Waals surface area contributed by atoms with Gasteiger partial charge in [0.2, 0.25) is 0 Å². The van der Waals surface area contributed by atoms with E-state index in [0.29, 0.717) is 19.1 Å². The summed E-state index contributed by atoms with van der Waals surface area (Å²) in [5.41, 5.74) is 2.40. The van der Waals surface area contributed by atoms with Crippen LogP contribution in [0.15, 0.2) is 54.3 Å². The molecule has 3 rings (SSSR count). The minimum atomic E-state index is 0. The summed E-state index contributed by atoms with van der Waals surface area (Å²) in [7, 11) is 1.97. The van der Waals surface area contributed by atoms with Crippen LogP contribution in [0.1, 0.15) is 24.5 Å². The largest absolute Gasteiger partial charge is 0.489 e. The molecule has 158 valence electrons. The summed E-state index contributed by atoms with van der Waals surface area (Å²) in [4.78, 5) is 7.26. The zero-order valence-corrected chi connectivity index (χ0v) is 19.7. The number of rotatable bonds is 8. The monoisotopic (exact) mass is 509 g/mol. The number of hydrogen-bond donors (Lipinski definition) is 1. The fraction of sp³-hybridized carbons (Fsp3) is 0.455. The maximum Gasteiger partial charge on any atom is 0.194 e. The molecule has 1 aliphatic heterocycles. The number of nitrogens with one attached hydrogen (secondary N) is 1. The van der Waals surface area contributed by atoms with Gasteiger partial charge >= 0.3 is 0 Å². The molecule has 1 unspecified atom stereocenters. The third-order valence-corrected chi connectivity index (χ3v) is 4.93. The standard InChI is InChI=1S/C22H31N5O.HI/c1-4-12-28-21-9-7-6-8-20(21)15-24-22(23-5-2)27-11-10-18(17-27)13-19-14-25-26(3)16-19;/h4,6-9,14,16,18H,1,5,10-13,15,17H2,2-3H3,(H,23,24);1H. The van der Waals surface area contributed by atoms with Crippen molar-refractivity contribution in [1.29, 1.82) is 0 Å². The summed E-state index contributed by atoms with van der Waals surface area (Å²) in [6.45, 7) is 9.85. The highest BCUT2D eigenvalue weighted by Gasteiger charge is 2.25. The zero-order chi connectivity index (χ0) is 19.8. The first-order valence-corrected chi connectivity index (χ1v) is 10.0. The Morgan fingerprint density at radius 1 is 1.41 bits per heavy atom. The van der Waals surface area contributed by atoms with Crippen molar-refractivity contribution < 1.29 is 4.74 Å². The summed E-state index contributed by atoms with van der Waals surface area (Å²) in [6.07, 6.45) is 8.10. The average Bonchev–Trinajstić information content (AvgIpc) is 3.33. The van der Waals surface area contributed by atoms with Gasteiger partial charge in [0, 0.05) is 38.4 Å². The Bertz CT molecular complexity index is 804. The SMILES string of the molecule is C=CCOc1ccccc1CN=C(NCC)N1CCC(Cc2cnn(C)c2)C1.I. The topological polar surface area (TPSA) is 54.7 Å². The van der Waals surface area contributed by atoms with E-state index in [2.05, 4.69) is 41.1 Å². The van der Waals surface area contributed by atoms with Gasteiger partial charge in [0.25, 0.3) is 0 Å². The Kier molecular flexibility index (Phi) is 9.50. The van der Waals surface area contributed by atoms with Gasteiger partial charge < -0.3 is 15.0 Å². The molecule has 1 atom stereocenters. The first kappa shape index (κ1) is 23.3. The minimum Gasteiger partial charge on any atom is -0.489 e. The molecule has 29 heavy (non-hydrogen) atoms. The van der Waals surface area contributed by atoms with Crippen molar-refractivity contribution >= 4 is 29.9 Å². The van der Waals surface area contributed by atoms with E-state index < -0.39 is 0 Å². The van der Waals surface area contributed by atoms with E-state index in [0.717, 1.165) is 43.3 Å². The summed E-state index contributed by atoms with van der Waals surface area (Å²) in [6, 6.07) is 8.07. The molecule has 0 spiro atoms. The average molecular weight is 509 g/mol. The first-order chi connectivity index (χ1) is 13.7. The van der Waals surface area contributed by atoms with Gasteiger partial charge in [-0.1, -0.05) is 30.9 Å². The second-order valence-corrected chi connectivity index (χ2v) is 7.20. The number of hydrogen-bond acceptors (Lipinski definition) is 3. The predicted molar refractivity (Wildman–Crippen MR) is 129 cm³/mol. The smallest absolute Gasteiger partial charge is 0.194 e. The third kappa shape index (κ3) is 6.76. The van der Waals surface area contributed by atoms with Crippen LogP contribution in [-0.4, -0.2) is 46.9 Å². The number of nitrogens with zero attached hydrogens (tertiary/aromatic N) is 4. The molecule has 1 N–H and O–H groups in total. The number of aliphatic imine (C=N–C) groups is 1. The van der Waals surface area contributed by atoms with Crippen molar-refractivity contribution in [3.05, 3.63) is 60.4 Å². The summed E-state index contributed by atoms with van der Waals surface area (Å²) in [5, 5.41) is 7.73. The minimum absolute atomic E-state index is 0. The van der Waals surface area contributed by atoms with Crippen molar-refractivity contribution in [2.45, 2.75) is 26.3 Å². The Labute approximate surface area is 191 Å². The summed E-state index contributed by atoms with van der Waals surface area (Å²) >= 11 is 0. The summed E-state index contributed by atoms with van der Waals surface area (Å²) in [5.74, 6) is 2.49. The van der Waals surface area contributed by atoms with E-state index >= 15 is 0 Å². The quantitative estimate of drug-likeness (QED) is 0.256. The van der Waals surface area contributed by atoms with Crippen molar-refractivity contribution in [3.8, 4) is 5.75 Å². The van der Waals surface area contributed by atoms with Crippen LogP contribution in [0.2, 0.25) is 0 Å². The van der Waals surface area contributed by atoms with Crippen molar-refractivity contribution in [2.24, 2.45) is 18.0 Å². The summed E-state index contributed by atoms with van der Waals surface area (Å²) < 4.78 is 7.63. The maximum absolute atomic E-state index is 5.76. The number of ether oxygens (including phenoxy) is 1. The van der Waals surface area contributed by atoms with Gasteiger partial charge in [-0.3, -0.25) is 4.68 Å². The molecule has 1 fully saturated rings. The van der Waals surface area contributed by atoms with Gasteiger partial charge in [-0.25, -0.2) is 4.99 Å². The van der Waals surface area contributed by atoms with Crippen LogP contribution >= 0.6 is 24.0 Å². The highest BCUT2D eigenvalue weighted by Crippen LogP contribution is 2.22. The van der Waals surface area contributed by atoms with E-state index in [4.69, 9.17) is 9.73 Å². The van der Waals surface area contributed by atoms with Crippen molar-refractivity contribution in [3.63, 3.8) is 0 Å². The Morgan fingerprint density at radius 2 is 2.24 bits per heavy atom. The van der Waals surface area contributed by atoms with E-state index in [-0.39, 0.29) is 24.0 Å². The molecule has 0 bridgehead atoms. The van der Waals surface area contributed by atoms with Gasteiger partial charge in [0.05, 0.1) is 12.7 Å². The van der Waals surface area contributed by atoms with E-state index in [9.17, 15) is 0 Å². The lowest BCUT2D eigenvalue weighted by Crippen LogP contribution is -2.40. The van der Waals surface area contributed by atoms with Crippen LogP contribution in [0.5, 0.6) is 5.75 Å². The highest BCUT2D eigenvalue weighted by atomic mass is 127. The fourth-order valence-electron chi connectivity index (χ4n) is 3.61. The fourth-order valence-corrected chi connectivity index (χ4v) is 3.61. The van der Waals surface area contributed by atoms with Gasteiger partial charge in [-0.2, -0.15) is 5.10 Å². The number of aromatic nitrogens is 2. The first-order valence-electron chi connectivity index (χ1n) is 10.0. The lowest BCUT2D eigenvalue weighted by Gasteiger charge is -2.22. The zero-order valence-electron chi connectivity index (χ0n) is 17.4. The van der Waals surface area contributed by atoms with E-state index in [1.807, 2.05) is 36.1 Å². The molecule has 2 heterocycles. The van der Waals surface area contributed by atoms with Gasteiger partial charge in [-0.15, -0.1) is 24.0 Å². The predicted octanol–water partition coefficient (Wildman–Crippen LogP) is 3.63. The van der Waals surface area contributed by atoms with Crippen LogP contribution in [-0.2, 0) is 20.0 Å². The lowest BCUT2D eigenvalue weighted by atomic mass is 10.0. The van der Waals surface area contributed by atoms with Crippen LogP contribution in [0, 0.1) is 5.92 Å². The number of benzene rings is 1. The molecule has 1 aliphatic rings. The number of aryl methyl sites for hydroxylation is 1. The number of para-hydroxylation sites is 1. The van der Waals surface area contributed by atoms with Crippen molar-refractivity contribution in [2.75, 3.05) is 26.2 Å². The van der Waals surface area contributed by atoms with Crippen molar-refractivity contribution in [1.82, 2.24) is 20.0 Å². The van der Waals surface area contributed by atoms with E-state index in [1.165, 1.54) is 12.0 Å². The number of guanidine groups is 1. The van der Waals surface area contributed by atoms with Crippen LogP contribution in [0.4, 0.5) is 0 Å². The molecule has 1 aromatic heterocycles. The Balaban J connectivity index is 0.00000300. The molecule has 0 saturated carbocycles. The Morgan fingerprint density at radius 3 is 2.97 bits per heavy atom. The second kappa shape index (κ2) is 11.8. The molecule has 2 aromatic rings. The molecule has 0 radical (unpaired) electrons. The third-order valence-electron chi connectivity index (χ3n) is 4.93. The number of likely N-dealkylation sites (tertiary alicyclic amines) is 1. The molecule has 1 saturated heterocycles. The Hall–Kier alpha value is -2.03. The van der Waals surface area contributed by atoms with Crippen LogP contribution in [0.3, 0.4) is 0 Å². The number of halogens is 1. The van der Waals surface area contributed by atoms with E-state index in [1.54, 1.807) is 6.08 Å². The van der Waals surface area contributed by atoms with Crippen LogP contribution < -0.4 is 10.1 Å². The van der Waals surface area contributed by atoms with Gasteiger partial charge in [0.1, 0.15) is 12.4 Å². The van der Waals surface area contributed by atoms with Gasteiger partial charge in [-0.05, 0) is 37.3 Å². The maximum atomic E-state index is 5.76. The lowest BCUT2D eigenvalue weighted by molar-refractivity contribution is 0.359. The highest BCUT2D eigenvalue weighted by molar-refractivity contribution is 14.0. The molecule has 6 nitrogen and oxygen atoms in total. The van der Waals surface area contributed by atoms with Gasteiger partial charge in [0.15, 0.2) is 5.96 Å². The molecule has 0 aliphatic carbocycles. The molecule has 1 aromatic carbocycles. The molecular formula is C22H32IN5O. The molecular weight excluding hydrogens is 477 g/mol. The normalized spacial score (nSPS) is 16.4. The van der Waals surface area contributed by atoms with Crippen LogP contribution in [0.25, 0.3) is 0 Å². The molecule has 7 heteroatoms. The molecule has 0 amide bonds. The second-order valence-electron chi connectivity index (χ2n) is 7.20.